The number of halogens is 1. The molecular formula is C14H18FN3O. The van der Waals surface area contributed by atoms with E-state index in [1.807, 2.05) is 27.7 Å². The van der Waals surface area contributed by atoms with Gasteiger partial charge in [-0.15, -0.1) is 0 Å². The Bertz CT molecular complexity index is 587. The normalized spacial score (nSPS) is 13.6. The summed E-state index contributed by atoms with van der Waals surface area (Å²) in [6.07, 6.45) is 0. The van der Waals surface area contributed by atoms with Crippen LogP contribution in [0, 0.1) is 18.2 Å². The predicted molar refractivity (Wildman–Crippen MR) is 70.8 cm³/mol. The molecule has 0 bridgehead atoms. The average Bonchev–Trinajstić information content (AvgIpc) is 2.79. The Kier molecular flexibility index (Phi) is 3.41. The van der Waals surface area contributed by atoms with Crippen molar-refractivity contribution in [2.24, 2.45) is 11.1 Å². The Morgan fingerprint density at radius 2 is 2.00 bits per heavy atom. The number of aryl methyl sites for hydroxylation is 1. The maximum Gasteiger partial charge on any atom is 0.244 e. The molecule has 2 aromatic rings. The summed E-state index contributed by atoms with van der Waals surface area (Å²) >= 11 is 0. The molecule has 1 atom stereocenters. The lowest BCUT2D eigenvalue weighted by Crippen LogP contribution is -2.26. The highest BCUT2D eigenvalue weighted by Crippen LogP contribution is 2.31. The molecule has 0 saturated heterocycles. The first-order chi connectivity index (χ1) is 8.79. The zero-order valence-electron chi connectivity index (χ0n) is 11.6. The van der Waals surface area contributed by atoms with Gasteiger partial charge in [0.25, 0.3) is 0 Å². The van der Waals surface area contributed by atoms with Crippen LogP contribution >= 0.6 is 0 Å². The minimum atomic E-state index is -0.359. The van der Waals surface area contributed by atoms with Crippen LogP contribution in [0.1, 0.15) is 38.3 Å². The van der Waals surface area contributed by atoms with Gasteiger partial charge in [0.1, 0.15) is 5.82 Å². The van der Waals surface area contributed by atoms with E-state index in [0.717, 1.165) is 5.56 Å². The lowest BCUT2D eigenvalue weighted by molar-refractivity contribution is 0.253. The molecule has 0 radical (unpaired) electrons. The molecule has 102 valence electrons. The predicted octanol–water partition coefficient (Wildman–Crippen LogP) is 3.23. The van der Waals surface area contributed by atoms with E-state index in [-0.39, 0.29) is 17.3 Å². The SMILES string of the molecule is Cc1ccc(F)cc1-c1noc([C@H](N)C(C)(C)C)n1. The molecule has 2 rings (SSSR count). The fraction of sp³-hybridized carbons (Fsp3) is 0.429. The van der Waals surface area contributed by atoms with Crippen LogP contribution in [0.3, 0.4) is 0 Å². The number of hydrogen-bond donors (Lipinski definition) is 1. The highest BCUT2D eigenvalue weighted by molar-refractivity contribution is 5.59. The minimum absolute atomic E-state index is 0.180. The van der Waals surface area contributed by atoms with E-state index < -0.39 is 0 Å². The number of rotatable bonds is 2. The molecule has 4 nitrogen and oxygen atoms in total. The van der Waals surface area contributed by atoms with Crippen LogP contribution in [0.2, 0.25) is 0 Å². The first kappa shape index (κ1) is 13.7. The van der Waals surface area contributed by atoms with Gasteiger partial charge in [-0.1, -0.05) is 32.0 Å². The summed E-state index contributed by atoms with van der Waals surface area (Å²) in [4.78, 5) is 4.28. The van der Waals surface area contributed by atoms with Gasteiger partial charge in [0.05, 0.1) is 6.04 Å². The van der Waals surface area contributed by atoms with Crippen LogP contribution in [0.5, 0.6) is 0 Å². The van der Waals surface area contributed by atoms with Gasteiger partial charge in [0.15, 0.2) is 0 Å². The standard InChI is InChI=1S/C14H18FN3O/c1-8-5-6-9(15)7-10(8)12-17-13(19-18-12)11(16)14(2,3)4/h5-7,11H,16H2,1-4H3/t11-/m0/s1. The van der Waals surface area contributed by atoms with Gasteiger partial charge in [-0.3, -0.25) is 0 Å². The topological polar surface area (TPSA) is 64.9 Å². The van der Waals surface area contributed by atoms with Gasteiger partial charge >= 0.3 is 0 Å². The largest absolute Gasteiger partial charge is 0.337 e. The third-order valence-corrected chi connectivity index (χ3v) is 3.08. The molecule has 1 aromatic heterocycles. The van der Waals surface area contributed by atoms with Gasteiger partial charge in [0, 0.05) is 5.56 Å². The summed E-state index contributed by atoms with van der Waals surface area (Å²) in [5, 5.41) is 3.89. The van der Waals surface area contributed by atoms with Crippen LogP contribution in [-0.2, 0) is 0 Å². The molecule has 0 aliphatic heterocycles. The van der Waals surface area contributed by atoms with Crippen LogP contribution in [0.4, 0.5) is 4.39 Å². The van der Waals surface area contributed by atoms with E-state index in [9.17, 15) is 4.39 Å². The van der Waals surface area contributed by atoms with E-state index in [2.05, 4.69) is 10.1 Å². The molecule has 0 unspecified atom stereocenters. The lowest BCUT2D eigenvalue weighted by Gasteiger charge is -2.23. The molecule has 0 fully saturated rings. The minimum Gasteiger partial charge on any atom is -0.337 e. The molecule has 0 aliphatic rings. The summed E-state index contributed by atoms with van der Waals surface area (Å²) in [5.74, 6) is 0.407. The van der Waals surface area contributed by atoms with Crippen molar-refractivity contribution in [3.8, 4) is 11.4 Å². The quantitative estimate of drug-likeness (QED) is 0.903. The summed E-state index contributed by atoms with van der Waals surface area (Å²) in [5.41, 5.74) is 7.39. The van der Waals surface area contributed by atoms with Crippen LogP contribution in [-0.4, -0.2) is 10.1 Å². The zero-order valence-corrected chi connectivity index (χ0v) is 11.6. The number of hydrogen-bond acceptors (Lipinski definition) is 4. The van der Waals surface area contributed by atoms with Gasteiger partial charge in [0.2, 0.25) is 11.7 Å². The van der Waals surface area contributed by atoms with E-state index in [1.165, 1.54) is 12.1 Å². The van der Waals surface area contributed by atoms with Gasteiger partial charge in [-0.25, -0.2) is 4.39 Å². The smallest absolute Gasteiger partial charge is 0.244 e. The number of benzene rings is 1. The van der Waals surface area contributed by atoms with Crippen LogP contribution in [0.25, 0.3) is 11.4 Å². The fourth-order valence-electron chi connectivity index (χ4n) is 1.68. The first-order valence-corrected chi connectivity index (χ1v) is 6.15. The van der Waals surface area contributed by atoms with Crippen molar-refractivity contribution >= 4 is 0 Å². The zero-order chi connectivity index (χ0) is 14.2. The molecule has 1 aromatic carbocycles. The molecule has 0 amide bonds. The second-order valence-electron chi connectivity index (χ2n) is 5.76. The van der Waals surface area contributed by atoms with Crippen molar-refractivity contribution in [3.63, 3.8) is 0 Å². The Hall–Kier alpha value is -1.75. The molecular weight excluding hydrogens is 245 g/mol. The van der Waals surface area contributed by atoms with E-state index in [0.29, 0.717) is 17.3 Å². The van der Waals surface area contributed by atoms with Crippen molar-refractivity contribution in [1.29, 1.82) is 0 Å². The number of aromatic nitrogens is 2. The Balaban J connectivity index is 2.39. The summed E-state index contributed by atoms with van der Waals surface area (Å²) in [7, 11) is 0. The van der Waals surface area contributed by atoms with Crippen molar-refractivity contribution in [1.82, 2.24) is 10.1 Å². The Morgan fingerprint density at radius 1 is 1.32 bits per heavy atom. The molecule has 2 N–H and O–H groups in total. The van der Waals surface area contributed by atoms with Crippen LogP contribution in [0.15, 0.2) is 22.7 Å². The van der Waals surface area contributed by atoms with Crippen molar-refractivity contribution in [2.75, 3.05) is 0 Å². The van der Waals surface area contributed by atoms with Gasteiger partial charge < -0.3 is 10.3 Å². The fourth-order valence-corrected chi connectivity index (χ4v) is 1.68. The van der Waals surface area contributed by atoms with Gasteiger partial charge in [-0.2, -0.15) is 4.98 Å². The monoisotopic (exact) mass is 263 g/mol. The highest BCUT2D eigenvalue weighted by atomic mass is 19.1. The second kappa shape index (κ2) is 4.74. The van der Waals surface area contributed by atoms with E-state index >= 15 is 0 Å². The Labute approximate surface area is 111 Å². The highest BCUT2D eigenvalue weighted by Gasteiger charge is 2.28. The molecule has 0 saturated carbocycles. The molecule has 0 aliphatic carbocycles. The number of nitrogens with two attached hydrogens (primary N) is 1. The van der Waals surface area contributed by atoms with Crippen molar-refractivity contribution in [2.45, 2.75) is 33.7 Å². The second-order valence-corrected chi connectivity index (χ2v) is 5.76. The molecule has 0 spiro atoms. The van der Waals surface area contributed by atoms with Crippen molar-refractivity contribution in [3.05, 3.63) is 35.5 Å². The molecule has 5 heteroatoms. The summed E-state index contributed by atoms with van der Waals surface area (Å²) < 4.78 is 18.5. The van der Waals surface area contributed by atoms with E-state index in [4.69, 9.17) is 10.3 Å². The molecule has 1 heterocycles. The van der Waals surface area contributed by atoms with Crippen molar-refractivity contribution < 1.29 is 8.91 Å². The van der Waals surface area contributed by atoms with Gasteiger partial charge in [-0.05, 0) is 30.0 Å². The third-order valence-electron chi connectivity index (χ3n) is 3.08. The summed E-state index contributed by atoms with van der Waals surface area (Å²) in [6.45, 7) is 7.85. The summed E-state index contributed by atoms with van der Waals surface area (Å²) in [6, 6.07) is 4.13. The maximum absolute atomic E-state index is 13.3. The van der Waals surface area contributed by atoms with E-state index in [1.54, 1.807) is 6.07 Å². The first-order valence-electron chi connectivity index (χ1n) is 6.15. The maximum atomic E-state index is 13.3. The Morgan fingerprint density at radius 3 is 2.63 bits per heavy atom. The number of nitrogens with zero attached hydrogens (tertiary/aromatic N) is 2. The molecule has 19 heavy (non-hydrogen) atoms. The average molecular weight is 263 g/mol. The van der Waals surface area contributed by atoms with Crippen LogP contribution < -0.4 is 5.73 Å². The third kappa shape index (κ3) is 2.81. The lowest BCUT2D eigenvalue weighted by atomic mass is 9.87.